The zero-order valence-electron chi connectivity index (χ0n) is 24.1. The lowest BCUT2D eigenvalue weighted by Crippen LogP contribution is -2.63. The van der Waals surface area contributed by atoms with E-state index < -0.39 is 23.3 Å². The second-order valence-electron chi connectivity index (χ2n) is 10.6. The highest BCUT2D eigenvalue weighted by molar-refractivity contribution is 6.45. The van der Waals surface area contributed by atoms with E-state index >= 15 is 0 Å². The summed E-state index contributed by atoms with van der Waals surface area (Å²) in [7, 11) is 0. The fraction of sp³-hybridized carbons (Fsp3) is 0.290. The molecule has 0 fully saturated rings. The highest BCUT2D eigenvalue weighted by atomic mass is 35.5. The summed E-state index contributed by atoms with van der Waals surface area (Å²) in [6.07, 6.45) is 0.304. The normalized spacial score (nSPS) is 22.3. The molecule has 0 saturated heterocycles. The van der Waals surface area contributed by atoms with E-state index in [9.17, 15) is 9.59 Å². The third-order valence-electron chi connectivity index (χ3n) is 7.78. The summed E-state index contributed by atoms with van der Waals surface area (Å²) in [6, 6.07) is 22.1. The molecule has 3 aliphatic heterocycles. The number of hydrogen-bond donors (Lipinski definition) is 0. The molecule has 2 atom stereocenters. The molecule has 0 aromatic heterocycles. The first-order chi connectivity index (χ1) is 20.6. The first kappa shape index (κ1) is 28.8. The third kappa shape index (κ3) is 4.56. The Kier molecular flexibility index (Phi) is 7.22. The fourth-order valence-corrected chi connectivity index (χ4v) is 6.42. The largest absolute Gasteiger partial charge is 0.460 e. The molecular formula is C31H30Cl2N6O4. The molecule has 3 aromatic carbocycles. The number of nitrogens with zero attached hydrogens (tertiary/aromatic N) is 6. The van der Waals surface area contributed by atoms with Crippen LogP contribution in [0.1, 0.15) is 34.1 Å². The smallest absolute Gasteiger partial charge is 0.376 e. The lowest BCUT2D eigenvalue weighted by molar-refractivity contribution is -0.136. The van der Waals surface area contributed by atoms with Crippen molar-refractivity contribution in [1.82, 2.24) is 0 Å². The van der Waals surface area contributed by atoms with E-state index in [4.69, 9.17) is 42.9 Å². The predicted molar refractivity (Wildman–Crippen MR) is 169 cm³/mol. The molecule has 3 heterocycles. The molecule has 0 N–H and O–H groups in total. The number of rotatable bonds is 6. The number of hydrogen-bond acceptors (Lipinski definition) is 10. The number of hydrazone groups is 2. The van der Waals surface area contributed by atoms with Crippen LogP contribution in [-0.2, 0) is 19.1 Å². The molecule has 0 amide bonds. The van der Waals surface area contributed by atoms with Crippen molar-refractivity contribution in [2.45, 2.75) is 45.4 Å². The van der Waals surface area contributed by atoms with E-state index in [0.717, 1.165) is 0 Å². The summed E-state index contributed by atoms with van der Waals surface area (Å²) in [4.78, 5) is 30.8. The molecule has 10 nitrogen and oxygen atoms in total. The second kappa shape index (κ2) is 10.8. The minimum absolute atomic E-state index is 0.115. The van der Waals surface area contributed by atoms with Crippen molar-refractivity contribution in [3.63, 3.8) is 0 Å². The Balaban J connectivity index is 1.62. The Morgan fingerprint density at radius 2 is 1.07 bits per heavy atom. The minimum Gasteiger partial charge on any atom is -0.460 e. The zero-order chi connectivity index (χ0) is 30.5. The Hall–Kier alpha value is -4.28. The number of esters is 2. The summed E-state index contributed by atoms with van der Waals surface area (Å²) in [5.41, 5.74) is 0.722. The Bertz CT molecular complexity index is 1530. The Morgan fingerprint density at radius 3 is 1.42 bits per heavy atom. The van der Waals surface area contributed by atoms with Gasteiger partial charge in [-0.2, -0.15) is 0 Å². The molecule has 3 aliphatic rings. The first-order valence-electron chi connectivity index (χ1n) is 13.9. The van der Waals surface area contributed by atoms with Crippen LogP contribution in [0.15, 0.2) is 83.0 Å². The van der Waals surface area contributed by atoms with Gasteiger partial charge in [0.2, 0.25) is 11.7 Å². The van der Waals surface area contributed by atoms with Crippen LogP contribution < -0.4 is 19.8 Å². The van der Waals surface area contributed by atoms with Crippen molar-refractivity contribution in [2.24, 2.45) is 10.2 Å². The topological polar surface area (TPSA) is 90.3 Å². The number of carbonyl (C=O) groups excluding carboxylic acids is 2. The number of halogens is 2. The molecule has 6 rings (SSSR count). The number of carbonyl (C=O) groups is 2. The van der Waals surface area contributed by atoms with Crippen LogP contribution in [0.5, 0.6) is 0 Å². The van der Waals surface area contributed by atoms with Crippen molar-refractivity contribution < 1.29 is 19.1 Å². The summed E-state index contributed by atoms with van der Waals surface area (Å²) in [6.45, 7) is 7.88. The summed E-state index contributed by atoms with van der Waals surface area (Å²) >= 11 is 12.5. The standard InChI is InChI=1S/C31H30Cl2N6O4/c1-5-42-28(40)26-34-38(22-15-11-20(32)12-16-22)30(3)19-31(4)37(25-10-8-7-9-24(25)36(26)30)27(29(41)43-6-2)35-39(31)23-17-13-21(33)14-18-23/h7-18H,5-6,19H2,1-4H3/t30-,31-/m1/s1. The Labute approximate surface area is 259 Å². The molecule has 0 aliphatic carbocycles. The van der Waals surface area contributed by atoms with Gasteiger partial charge in [0.05, 0.1) is 36.0 Å². The molecule has 43 heavy (non-hydrogen) atoms. The molecule has 12 heteroatoms. The van der Waals surface area contributed by atoms with Gasteiger partial charge in [0.25, 0.3) is 0 Å². The van der Waals surface area contributed by atoms with Crippen molar-refractivity contribution in [2.75, 3.05) is 33.0 Å². The second-order valence-corrected chi connectivity index (χ2v) is 11.5. The molecule has 3 aromatic rings. The predicted octanol–water partition coefficient (Wildman–Crippen LogP) is 6.24. The van der Waals surface area contributed by atoms with E-state index in [1.165, 1.54) is 0 Å². The quantitative estimate of drug-likeness (QED) is 0.299. The van der Waals surface area contributed by atoms with E-state index in [1.807, 2.05) is 82.2 Å². The van der Waals surface area contributed by atoms with Gasteiger partial charge in [-0.3, -0.25) is 9.80 Å². The van der Waals surface area contributed by atoms with Crippen LogP contribution in [-0.4, -0.2) is 48.1 Å². The number of fused-ring (bicyclic) bond motifs is 5. The maximum absolute atomic E-state index is 13.5. The minimum atomic E-state index is -1.00. The lowest BCUT2D eigenvalue weighted by atomic mass is 9.93. The van der Waals surface area contributed by atoms with Gasteiger partial charge in [-0.05, 0) is 88.4 Å². The van der Waals surface area contributed by atoms with Gasteiger partial charge in [0.1, 0.15) is 11.3 Å². The van der Waals surface area contributed by atoms with Crippen LogP contribution >= 0.6 is 23.2 Å². The number of ether oxygens (including phenoxy) is 2. The van der Waals surface area contributed by atoms with Crippen molar-refractivity contribution in [1.29, 1.82) is 0 Å². The molecule has 0 radical (unpaired) electrons. The monoisotopic (exact) mass is 620 g/mol. The zero-order valence-corrected chi connectivity index (χ0v) is 25.6. The molecule has 222 valence electrons. The average Bonchev–Trinajstić information content (AvgIpc) is 3.42. The number of benzene rings is 3. The van der Waals surface area contributed by atoms with E-state index in [1.54, 1.807) is 38.1 Å². The van der Waals surface area contributed by atoms with E-state index in [2.05, 4.69) is 0 Å². The van der Waals surface area contributed by atoms with Crippen LogP contribution in [0.25, 0.3) is 0 Å². The van der Waals surface area contributed by atoms with Gasteiger partial charge >= 0.3 is 11.9 Å². The van der Waals surface area contributed by atoms with Gasteiger partial charge in [-0.1, -0.05) is 35.3 Å². The van der Waals surface area contributed by atoms with Crippen molar-refractivity contribution >= 4 is 69.6 Å². The maximum Gasteiger partial charge on any atom is 0.376 e. The average molecular weight is 622 g/mol. The van der Waals surface area contributed by atoms with Crippen LogP contribution in [0.4, 0.5) is 22.7 Å². The molecule has 0 unspecified atom stereocenters. The van der Waals surface area contributed by atoms with Gasteiger partial charge in [-0.15, -0.1) is 10.2 Å². The first-order valence-corrected chi connectivity index (χ1v) is 14.7. The van der Waals surface area contributed by atoms with Crippen LogP contribution in [0.2, 0.25) is 10.0 Å². The van der Waals surface area contributed by atoms with Gasteiger partial charge in [0.15, 0.2) is 0 Å². The van der Waals surface area contributed by atoms with E-state index in [0.29, 0.717) is 39.2 Å². The SMILES string of the molecule is CCOC(=O)C1=NN(c2ccc(Cl)cc2)[C@]2(C)C[C@@]3(C)N(c4ccc(Cl)cc4)N=C(C(=O)OCC)N3c3ccccc3N12. The van der Waals surface area contributed by atoms with Gasteiger partial charge in [0, 0.05) is 16.5 Å². The van der Waals surface area contributed by atoms with Gasteiger partial charge < -0.3 is 9.47 Å². The number of amidine groups is 2. The number of para-hydroxylation sites is 2. The third-order valence-corrected chi connectivity index (χ3v) is 8.28. The maximum atomic E-state index is 13.5. The Morgan fingerprint density at radius 1 is 0.698 bits per heavy atom. The van der Waals surface area contributed by atoms with Crippen molar-refractivity contribution in [3.8, 4) is 0 Å². The van der Waals surface area contributed by atoms with Crippen LogP contribution in [0.3, 0.4) is 0 Å². The molecule has 0 saturated carbocycles. The molecule has 0 spiro atoms. The summed E-state index contributed by atoms with van der Waals surface area (Å²) < 4.78 is 11.0. The number of anilines is 4. The summed E-state index contributed by atoms with van der Waals surface area (Å²) in [5, 5.41) is 14.5. The van der Waals surface area contributed by atoms with E-state index in [-0.39, 0.29) is 24.9 Å². The highest BCUT2D eigenvalue weighted by Crippen LogP contribution is 2.53. The van der Waals surface area contributed by atoms with Crippen LogP contribution in [0, 0.1) is 0 Å². The van der Waals surface area contributed by atoms with Gasteiger partial charge in [-0.25, -0.2) is 19.6 Å². The molecule has 0 bridgehead atoms. The lowest BCUT2D eigenvalue weighted by Gasteiger charge is -2.46. The molecular weight excluding hydrogens is 591 g/mol. The van der Waals surface area contributed by atoms with Crippen molar-refractivity contribution in [3.05, 3.63) is 82.8 Å². The summed E-state index contributed by atoms with van der Waals surface area (Å²) in [5.74, 6) is -0.907. The fourth-order valence-electron chi connectivity index (χ4n) is 6.16. The highest BCUT2D eigenvalue weighted by Gasteiger charge is 2.62.